The highest BCUT2D eigenvalue weighted by atomic mass is 79.9. The average molecular weight is 308 g/mol. The molecular formula is C11H15BrFNO3. The number of likely N-dealkylation sites (N-methyl/N-ethyl adjacent to an activating group) is 1. The lowest BCUT2D eigenvalue weighted by Crippen LogP contribution is -2.17. The molecule has 1 atom stereocenters. The van der Waals surface area contributed by atoms with E-state index in [-0.39, 0.29) is 16.0 Å². The smallest absolute Gasteiger partial charge is 0.198 e. The SMILES string of the molecule is CNCC(O)c1cc(Br)c(F)c(OC)c1OC. The molecular weight excluding hydrogens is 293 g/mol. The number of halogens is 2. The van der Waals surface area contributed by atoms with Gasteiger partial charge in [-0.3, -0.25) is 0 Å². The summed E-state index contributed by atoms with van der Waals surface area (Å²) in [5, 5.41) is 12.8. The molecule has 0 aromatic heterocycles. The number of methoxy groups -OCH3 is 2. The molecule has 0 aliphatic heterocycles. The van der Waals surface area contributed by atoms with Crippen molar-refractivity contribution < 1.29 is 19.0 Å². The van der Waals surface area contributed by atoms with Gasteiger partial charge in [0.2, 0.25) is 0 Å². The predicted molar refractivity (Wildman–Crippen MR) is 66.1 cm³/mol. The van der Waals surface area contributed by atoms with Crippen molar-refractivity contribution in [3.8, 4) is 11.5 Å². The molecule has 0 radical (unpaired) electrons. The highest BCUT2D eigenvalue weighted by Gasteiger charge is 2.22. The predicted octanol–water partition coefficient (Wildman–Crippen LogP) is 1.86. The van der Waals surface area contributed by atoms with E-state index in [1.165, 1.54) is 20.3 Å². The van der Waals surface area contributed by atoms with Crippen molar-refractivity contribution in [3.63, 3.8) is 0 Å². The standard InChI is InChI=1S/C11H15BrFNO3/c1-14-5-8(15)6-4-7(12)9(13)11(17-3)10(6)16-2/h4,8,14-15H,5H2,1-3H3. The van der Waals surface area contributed by atoms with Crippen molar-refractivity contribution in [2.24, 2.45) is 0 Å². The lowest BCUT2D eigenvalue weighted by Gasteiger charge is -2.18. The van der Waals surface area contributed by atoms with Crippen LogP contribution < -0.4 is 14.8 Å². The van der Waals surface area contributed by atoms with Gasteiger partial charge >= 0.3 is 0 Å². The Bertz CT molecular complexity index is 401. The zero-order valence-electron chi connectivity index (χ0n) is 9.88. The molecule has 96 valence electrons. The van der Waals surface area contributed by atoms with Gasteiger partial charge in [0, 0.05) is 12.1 Å². The molecule has 0 saturated heterocycles. The minimum absolute atomic E-state index is 0.0213. The number of hydrogen-bond acceptors (Lipinski definition) is 4. The Morgan fingerprint density at radius 3 is 2.47 bits per heavy atom. The minimum atomic E-state index is -0.805. The van der Waals surface area contributed by atoms with Crippen LogP contribution in [0.15, 0.2) is 10.5 Å². The summed E-state index contributed by atoms with van der Waals surface area (Å²) in [5.41, 5.74) is 0.465. The summed E-state index contributed by atoms with van der Waals surface area (Å²) in [6, 6.07) is 1.48. The molecule has 0 spiro atoms. The number of ether oxygens (including phenoxy) is 2. The Labute approximate surface area is 108 Å². The van der Waals surface area contributed by atoms with E-state index < -0.39 is 11.9 Å². The van der Waals surface area contributed by atoms with Gasteiger partial charge in [-0.05, 0) is 29.0 Å². The van der Waals surface area contributed by atoms with E-state index in [4.69, 9.17) is 9.47 Å². The number of rotatable bonds is 5. The maximum absolute atomic E-state index is 13.7. The molecule has 0 bridgehead atoms. The second-order valence-electron chi connectivity index (χ2n) is 3.40. The number of aliphatic hydroxyl groups is 1. The summed E-state index contributed by atoms with van der Waals surface area (Å²) in [4.78, 5) is 0. The van der Waals surface area contributed by atoms with Crippen molar-refractivity contribution in [2.45, 2.75) is 6.10 Å². The Morgan fingerprint density at radius 1 is 1.41 bits per heavy atom. The van der Waals surface area contributed by atoms with Crippen LogP contribution in [-0.2, 0) is 0 Å². The van der Waals surface area contributed by atoms with Gasteiger partial charge in [0.15, 0.2) is 17.3 Å². The van der Waals surface area contributed by atoms with Crippen molar-refractivity contribution in [1.29, 1.82) is 0 Å². The van der Waals surface area contributed by atoms with E-state index in [2.05, 4.69) is 21.2 Å². The van der Waals surface area contributed by atoms with Crippen LogP contribution in [0.4, 0.5) is 4.39 Å². The van der Waals surface area contributed by atoms with Crippen molar-refractivity contribution >= 4 is 15.9 Å². The molecule has 6 heteroatoms. The van der Waals surface area contributed by atoms with Crippen LogP contribution in [0.5, 0.6) is 11.5 Å². The zero-order chi connectivity index (χ0) is 13.0. The zero-order valence-corrected chi connectivity index (χ0v) is 11.5. The first-order valence-electron chi connectivity index (χ1n) is 4.99. The third kappa shape index (κ3) is 2.88. The van der Waals surface area contributed by atoms with E-state index in [9.17, 15) is 9.50 Å². The molecule has 0 amide bonds. The normalized spacial score (nSPS) is 12.4. The summed E-state index contributed by atoms with van der Waals surface area (Å²) in [5.74, 6) is -0.368. The number of nitrogens with one attached hydrogen (secondary N) is 1. The summed E-state index contributed by atoms with van der Waals surface area (Å²) >= 11 is 3.08. The monoisotopic (exact) mass is 307 g/mol. The largest absolute Gasteiger partial charge is 0.492 e. The highest BCUT2D eigenvalue weighted by molar-refractivity contribution is 9.10. The molecule has 17 heavy (non-hydrogen) atoms. The van der Waals surface area contributed by atoms with Crippen molar-refractivity contribution in [3.05, 3.63) is 21.9 Å². The molecule has 0 heterocycles. The molecule has 4 nitrogen and oxygen atoms in total. The van der Waals surface area contributed by atoms with Crippen LogP contribution in [0.2, 0.25) is 0 Å². The first kappa shape index (κ1) is 14.2. The maximum atomic E-state index is 13.7. The fourth-order valence-corrected chi connectivity index (χ4v) is 1.98. The molecule has 1 aromatic rings. The molecule has 1 rings (SSSR count). The second kappa shape index (κ2) is 6.18. The molecule has 0 aliphatic rings. The maximum Gasteiger partial charge on any atom is 0.198 e. The lowest BCUT2D eigenvalue weighted by atomic mass is 10.1. The fourth-order valence-electron chi connectivity index (χ4n) is 1.55. The summed E-state index contributed by atoms with van der Waals surface area (Å²) in [7, 11) is 4.47. The van der Waals surface area contributed by atoms with Gasteiger partial charge in [-0.2, -0.15) is 0 Å². The van der Waals surface area contributed by atoms with Gasteiger partial charge in [-0.25, -0.2) is 4.39 Å². The quantitative estimate of drug-likeness (QED) is 0.872. The Kier molecular flexibility index (Phi) is 5.17. The fraction of sp³-hybridized carbons (Fsp3) is 0.455. The molecule has 2 N–H and O–H groups in total. The second-order valence-corrected chi connectivity index (χ2v) is 4.26. The minimum Gasteiger partial charge on any atom is -0.492 e. The van der Waals surface area contributed by atoms with E-state index in [1.54, 1.807) is 7.05 Å². The van der Waals surface area contributed by atoms with E-state index in [0.717, 1.165) is 0 Å². The van der Waals surface area contributed by atoms with E-state index in [0.29, 0.717) is 12.1 Å². The third-order valence-electron chi connectivity index (χ3n) is 2.32. The van der Waals surface area contributed by atoms with E-state index in [1.807, 2.05) is 0 Å². The van der Waals surface area contributed by atoms with Gasteiger partial charge < -0.3 is 19.9 Å². The summed E-state index contributed by atoms with van der Waals surface area (Å²) in [6.45, 7) is 0.331. The third-order valence-corrected chi connectivity index (χ3v) is 2.90. The van der Waals surface area contributed by atoms with Crippen molar-refractivity contribution in [2.75, 3.05) is 27.8 Å². The van der Waals surface area contributed by atoms with Gasteiger partial charge in [-0.1, -0.05) is 0 Å². The molecule has 1 aromatic carbocycles. The molecule has 0 aliphatic carbocycles. The summed E-state index contributed by atoms with van der Waals surface area (Å²) < 4.78 is 24.0. The average Bonchev–Trinajstić information content (AvgIpc) is 2.32. The Balaban J connectivity index is 3.33. The van der Waals surface area contributed by atoms with E-state index >= 15 is 0 Å². The lowest BCUT2D eigenvalue weighted by molar-refractivity contribution is 0.172. The van der Waals surface area contributed by atoms with Crippen LogP contribution in [-0.4, -0.2) is 32.9 Å². The van der Waals surface area contributed by atoms with Crippen LogP contribution >= 0.6 is 15.9 Å². The van der Waals surface area contributed by atoms with Crippen LogP contribution in [0.25, 0.3) is 0 Å². The van der Waals surface area contributed by atoms with Crippen molar-refractivity contribution in [1.82, 2.24) is 5.32 Å². The molecule has 0 saturated carbocycles. The first-order chi connectivity index (χ1) is 8.06. The summed E-state index contributed by atoms with van der Waals surface area (Å²) in [6.07, 6.45) is -0.805. The van der Waals surface area contributed by atoms with Crippen LogP contribution in [0, 0.1) is 5.82 Å². The number of aliphatic hydroxyl groups excluding tert-OH is 1. The Morgan fingerprint density at radius 2 is 2.00 bits per heavy atom. The topological polar surface area (TPSA) is 50.7 Å². The number of benzene rings is 1. The number of hydrogen-bond donors (Lipinski definition) is 2. The van der Waals surface area contributed by atoms with Gasteiger partial charge in [0.25, 0.3) is 0 Å². The van der Waals surface area contributed by atoms with Gasteiger partial charge in [0.05, 0.1) is 24.8 Å². The first-order valence-corrected chi connectivity index (χ1v) is 5.78. The van der Waals surface area contributed by atoms with Gasteiger partial charge in [0.1, 0.15) is 0 Å². The van der Waals surface area contributed by atoms with Gasteiger partial charge in [-0.15, -0.1) is 0 Å². The molecule has 1 unspecified atom stereocenters. The Hall–Kier alpha value is -0.850. The van der Waals surface area contributed by atoms with Crippen LogP contribution in [0.1, 0.15) is 11.7 Å². The molecule has 0 fully saturated rings. The van der Waals surface area contributed by atoms with Crippen LogP contribution in [0.3, 0.4) is 0 Å². The highest BCUT2D eigenvalue weighted by Crippen LogP contribution is 2.40.